The Morgan fingerprint density at radius 1 is 1.00 bits per heavy atom. The van der Waals surface area contributed by atoms with Gasteiger partial charge in [-0.05, 0) is 55.0 Å². The summed E-state index contributed by atoms with van der Waals surface area (Å²) in [7, 11) is 3.84. The first-order valence-corrected chi connectivity index (χ1v) is 11.7. The molecule has 8 heteroatoms. The van der Waals surface area contributed by atoms with Crippen molar-refractivity contribution in [3.8, 4) is 5.75 Å². The Hall–Kier alpha value is -3.48. The molecular formula is C27H24Cl2N2O4. The topological polar surface area (TPSA) is 70.1 Å². The zero-order valence-corrected chi connectivity index (χ0v) is 21.0. The van der Waals surface area contributed by atoms with Crippen LogP contribution in [0.5, 0.6) is 5.75 Å². The van der Waals surface area contributed by atoms with Gasteiger partial charge >= 0.3 is 0 Å². The Kier molecular flexibility index (Phi) is 7.05. The molecule has 0 spiro atoms. The molecule has 1 aliphatic heterocycles. The lowest BCUT2D eigenvalue weighted by atomic mass is 9.95. The van der Waals surface area contributed by atoms with Crippen LogP contribution < -0.4 is 14.5 Å². The second-order valence-electron chi connectivity index (χ2n) is 8.21. The molecule has 3 aromatic carbocycles. The first-order valence-electron chi connectivity index (χ1n) is 11.0. The van der Waals surface area contributed by atoms with E-state index in [-0.39, 0.29) is 21.9 Å². The molecule has 1 amide bonds. The molecule has 1 saturated heterocycles. The summed E-state index contributed by atoms with van der Waals surface area (Å²) < 4.78 is 5.60. The highest BCUT2D eigenvalue weighted by Gasteiger charge is 2.47. The summed E-state index contributed by atoms with van der Waals surface area (Å²) in [5, 5.41) is 11.8. The summed E-state index contributed by atoms with van der Waals surface area (Å²) in [5.74, 6) is -1.30. The minimum Gasteiger partial charge on any atom is -0.507 e. The van der Waals surface area contributed by atoms with Crippen molar-refractivity contribution in [3.63, 3.8) is 0 Å². The number of ether oxygens (including phenoxy) is 1. The molecule has 1 N–H and O–H groups in total. The van der Waals surface area contributed by atoms with Gasteiger partial charge in [0.15, 0.2) is 0 Å². The maximum absolute atomic E-state index is 13.3. The van der Waals surface area contributed by atoms with E-state index in [0.717, 1.165) is 5.69 Å². The SMILES string of the molecule is CCOc1cccc(N2C(=O)C(=O)/C(=C(/O)c3ccc(Cl)c(Cl)c3)C2c2ccc(N(C)C)cc2)c1. The molecule has 1 fully saturated rings. The highest BCUT2D eigenvalue weighted by molar-refractivity contribution is 6.51. The third kappa shape index (κ3) is 4.72. The molecule has 0 bridgehead atoms. The molecule has 1 aliphatic rings. The van der Waals surface area contributed by atoms with Crippen molar-refractivity contribution in [1.82, 2.24) is 0 Å². The van der Waals surface area contributed by atoms with Crippen molar-refractivity contribution < 1.29 is 19.4 Å². The van der Waals surface area contributed by atoms with Gasteiger partial charge in [-0.2, -0.15) is 0 Å². The summed E-state index contributed by atoms with van der Waals surface area (Å²) in [6, 6.07) is 18.1. The Bertz CT molecular complexity index is 1320. The number of ketones is 1. The van der Waals surface area contributed by atoms with E-state index in [9.17, 15) is 14.7 Å². The molecule has 0 aromatic heterocycles. The van der Waals surface area contributed by atoms with E-state index in [2.05, 4.69) is 0 Å². The van der Waals surface area contributed by atoms with E-state index < -0.39 is 17.7 Å². The average molecular weight is 511 g/mol. The zero-order valence-electron chi connectivity index (χ0n) is 19.5. The van der Waals surface area contributed by atoms with Gasteiger partial charge in [0.2, 0.25) is 0 Å². The van der Waals surface area contributed by atoms with E-state index in [1.54, 1.807) is 30.3 Å². The van der Waals surface area contributed by atoms with Gasteiger partial charge in [-0.25, -0.2) is 0 Å². The minimum atomic E-state index is -0.863. The van der Waals surface area contributed by atoms with Crippen LogP contribution in [0.15, 0.2) is 72.3 Å². The number of rotatable bonds is 6. The Labute approximate surface area is 213 Å². The zero-order chi connectivity index (χ0) is 25.3. The highest BCUT2D eigenvalue weighted by atomic mass is 35.5. The number of anilines is 2. The third-order valence-electron chi connectivity index (χ3n) is 5.77. The number of hydrogen-bond donors (Lipinski definition) is 1. The number of aliphatic hydroxyl groups is 1. The summed E-state index contributed by atoms with van der Waals surface area (Å²) in [5.41, 5.74) is 2.35. The molecule has 3 aromatic rings. The van der Waals surface area contributed by atoms with Crippen molar-refractivity contribution >= 4 is 52.0 Å². The lowest BCUT2D eigenvalue weighted by Gasteiger charge is -2.26. The monoisotopic (exact) mass is 510 g/mol. The second kappa shape index (κ2) is 10.0. The lowest BCUT2D eigenvalue weighted by Crippen LogP contribution is -2.29. The minimum absolute atomic E-state index is 0.0344. The van der Waals surface area contributed by atoms with E-state index in [1.165, 1.54) is 17.0 Å². The molecule has 1 heterocycles. The van der Waals surface area contributed by atoms with Gasteiger partial charge in [-0.1, -0.05) is 41.4 Å². The Morgan fingerprint density at radius 2 is 1.71 bits per heavy atom. The van der Waals surface area contributed by atoms with Crippen LogP contribution in [0.4, 0.5) is 11.4 Å². The molecular weight excluding hydrogens is 487 g/mol. The van der Waals surface area contributed by atoms with Gasteiger partial charge in [0.1, 0.15) is 11.5 Å². The van der Waals surface area contributed by atoms with E-state index in [1.807, 2.05) is 50.2 Å². The van der Waals surface area contributed by atoms with Crippen LogP contribution in [0.1, 0.15) is 24.1 Å². The quantitative estimate of drug-likeness (QED) is 0.247. The van der Waals surface area contributed by atoms with Gasteiger partial charge < -0.3 is 14.7 Å². The molecule has 0 saturated carbocycles. The van der Waals surface area contributed by atoms with Crippen LogP contribution in [0.2, 0.25) is 10.0 Å². The van der Waals surface area contributed by atoms with Crippen LogP contribution in [0.25, 0.3) is 5.76 Å². The van der Waals surface area contributed by atoms with Crippen molar-refractivity contribution in [1.29, 1.82) is 0 Å². The molecule has 0 radical (unpaired) electrons. The maximum Gasteiger partial charge on any atom is 0.300 e. The van der Waals surface area contributed by atoms with Crippen molar-refractivity contribution in [3.05, 3.63) is 93.5 Å². The first kappa shape index (κ1) is 24.6. The van der Waals surface area contributed by atoms with Gasteiger partial charge in [-0.15, -0.1) is 0 Å². The summed E-state index contributed by atoms with van der Waals surface area (Å²) in [6.45, 7) is 2.32. The highest BCUT2D eigenvalue weighted by Crippen LogP contribution is 2.43. The van der Waals surface area contributed by atoms with E-state index in [4.69, 9.17) is 27.9 Å². The van der Waals surface area contributed by atoms with E-state index in [0.29, 0.717) is 28.6 Å². The Morgan fingerprint density at radius 3 is 2.34 bits per heavy atom. The summed E-state index contributed by atoms with van der Waals surface area (Å²) in [6.07, 6.45) is 0. The number of amides is 1. The van der Waals surface area contributed by atoms with Gasteiger partial charge in [0.25, 0.3) is 11.7 Å². The number of nitrogens with zero attached hydrogens (tertiary/aromatic N) is 2. The fraction of sp³-hybridized carbons (Fsp3) is 0.185. The number of aliphatic hydroxyl groups excluding tert-OH is 1. The molecule has 1 unspecified atom stereocenters. The maximum atomic E-state index is 13.3. The number of Topliss-reactive ketones (excluding diaryl/α,β-unsaturated/α-hetero) is 1. The van der Waals surface area contributed by atoms with Crippen LogP contribution in [-0.2, 0) is 9.59 Å². The van der Waals surface area contributed by atoms with Gasteiger partial charge in [0.05, 0.1) is 28.3 Å². The summed E-state index contributed by atoms with van der Waals surface area (Å²) in [4.78, 5) is 30.0. The van der Waals surface area contributed by atoms with Gasteiger partial charge in [-0.3, -0.25) is 14.5 Å². The van der Waals surface area contributed by atoms with Crippen molar-refractivity contribution in [2.45, 2.75) is 13.0 Å². The second-order valence-corrected chi connectivity index (χ2v) is 9.03. The van der Waals surface area contributed by atoms with Gasteiger partial charge in [0, 0.05) is 37.1 Å². The molecule has 35 heavy (non-hydrogen) atoms. The predicted octanol–water partition coefficient (Wildman–Crippen LogP) is 6.08. The number of halogens is 2. The molecule has 0 aliphatic carbocycles. The van der Waals surface area contributed by atoms with E-state index >= 15 is 0 Å². The van der Waals surface area contributed by atoms with Crippen molar-refractivity contribution in [2.75, 3.05) is 30.5 Å². The normalized spacial score (nSPS) is 17.1. The van der Waals surface area contributed by atoms with Crippen molar-refractivity contribution in [2.24, 2.45) is 0 Å². The smallest absolute Gasteiger partial charge is 0.300 e. The van der Waals surface area contributed by atoms with Crippen LogP contribution in [-0.4, -0.2) is 37.5 Å². The number of carbonyl (C=O) groups excluding carboxylic acids is 2. The lowest BCUT2D eigenvalue weighted by molar-refractivity contribution is -0.132. The van der Waals surface area contributed by atoms with Crippen LogP contribution in [0, 0.1) is 0 Å². The molecule has 180 valence electrons. The number of hydrogen-bond acceptors (Lipinski definition) is 5. The molecule has 6 nitrogen and oxygen atoms in total. The van der Waals surface area contributed by atoms with Crippen LogP contribution in [0.3, 0.4) is 0 Å². The Balaban J connectivity index is 1.92. The van der Waals surface area contributed by atoms with Crippen LogP contribution >= 0.6 is 23.2 Å². The predicted molar refractivity (Wildman–Crippen MR) is 140 cm³/mol. The fourth-order valence-electron chi connectivity index (χ4n) is 4.06. The molecule has 1 atom stereocenters. The average Bonchev–Trinajstić information content (AvgIpc) is 3.11. The number of benzene rings is 3. The number of carbonyl (C=O) groups is 2. The fourth-order valence-corrected chi connectivity index (χ4v) is 4.36. The largest absolute Gasteiger partial charge is 0.507 e. The molecule has 4 rings (SSSR count). The summed E-state index contributed by atoms with van der Waals surface area (Å²) >= 11 is 12.2. The standard InChI is InChI=1S/C27H24Cl2N2O4/c1-4-35-20-7-5-6-19(15-20)31-24(16-8-11-18(12-9-16)30(2)3)23(26(33)27(31)34)25(32)17-10-13-21(28)22(29)14-17/h5-15,24,32H,4H2,1-3H3/b25-23+. The first-order chi connectivity index (χ1) is 16.7. The third-order valence-corrected chi connectivity index (χ3v) is 6.51.